The van der Waals surface area contributed by atoms with Crippen LogP contribution in [0.5, 0.6) is 0 Å². The number of benzene rings is 1. The average molecular weight is 333 g/mol. The Kier molecular flexibility index (Phi) is 5.05. The Labute approximate surface area is 139 Å². The molecule has 1 atom stereocenters. The third kappa shape index (κ3) is 4.40. The van der Waals surface area contributed by atoms with Gasteiger partial charge in [0.05, 0.1) is 6.10 Å². The summed E-state index contributed by atoms with van der Waals surface area (Å²) in [5.74, 6) is 0.106. The molecule has 1 aliphatic heterocycles. The van der Waals surface area contributed by atoms with Crippen LogP contribution >= 0.6 is 11.6 Å². The van der Waals surface area contributed by atoms with Crippen LogP contribution in [0.15, 0.2) is 36.5 Å². The maximum atomic E-state index is 12.2. The molecule has 0 bridgehead atoms. The van der Waals surface area contributed by atoms with Gasteiger partial charge in [0.15, 0.2) is 0 Å². The molecule has 1 amide bonds. The van der Waals surface area contributed by atoms with Crippen molar-refractivity contribution in [2.75, 3.05) is 18.5 Å². The van der Waals surface area contributed by atoms with Crippen molar-refractivity contribution in [2.24, 2.45) is 0 Å². The summed E-state index contributed by atoms with van der Waals surface area (Å²) < 4.78 is 5.48. The van der Waals surface area contributed by atoms with Crippen LogP contribution in [-0.4, -0.2) is 35.1 Å². The van der Waals surface area contributed by atoms with Crippen LogP contribution in [-0.2, 0) is 4.74 Å². The first-order valence-electron chi connectivity index (χ1n) is 7.46. The summed E-state index contributed by atoms with van der Waals surface area (Å²) in [6.45, 7) is 1.27. The fraction of sp³-hybridized carbons (Fsp3) is 0.312. The highest BCUT2D eigenvalue weighted by molar-refractivity contribution is 6.30. The number of halogens is 1. The Morgan fingerprint density at radius 1 is 1.39 bits per heavy atom. The van der Waals surface area contributed by atoms with Crippen LogP contribution in [0.1, 0.15) is 23.3 Å². The SMILES string of the molecule is O=C(NCC1CCCO1)c1ccnc(Nc2cccc(Cl)c2)n1. The van der Waals surface area contributed by atoms with E-state index >= 15 is 0 Å². The molecule has 1 aromatic heterocycles. The number of aromatic nitrogens is 2. The molecule has 0 radical (unpaired) electrons. The lowest BCUT2D eigenvalue weighted by Gasteiger charge is -2.11. The fourth-order valence-corrected chi connectivity index (χ4v) is 2.53. The molecule has 2 aromatic rings. The van der Waals surface area contributed by atoms with Crippen molar-refractivity contribution in [3.63, 3.8) is 0 Å². The average Bonchev–Trinajstić information content (AvgIpc) is 3.06. The molecule has 0 spiro atoms. The van der Waals surface area contributed by atoms with E-state index in [1.807, 2.05) is 12.1 Å². The molecule has 120 valence electrons. The van der Waals surface area contributed by atoms with Crippen molar-refractivity contribution in [2.45, 2.75) is 18.9 Å². The Balaban J connectivity index is 1.63. The zero-order valence-electron chi connectivity index (χ0n) is 12.5. The highest BCUT2D eigenvalue weighted by atomic mass is 35.5. The van der Waals surface area contributed by atoms with Gasteiger partial charge in [-0.2, -0.15) is 0 Å². The lowest BCUT2D eigenvalue weighted by Crippen LogP contribution is -2.32. The fourth-order valence-electron chi connectivity index (χ4n) is 2.34. The Morgan fingerprint density at radius 2 is 2.30 bits per heavy atom. The molecule has 1 aliphatic rings. The van der Waals surface area contributed by atoms with Gasteiger partial charge in [0.2, 0.25) is 5.95 Å². The van der Waals surface area contributed by atoms with E-state index in [4.69, 9.17) is 16.3 Å². The van der Waals surface area contributed by atoms with Crippen molar-refractivity contribution in [1.29, 1.82) is 0 Å². The molecular formula is C16H17ClN4O2. The normalized spacial score (nSPS) is 17.0. The van der Waals surface area contributed by atoms with Gasteiger partial charge in [0.1, 0.15) is 5.69 Å². The molecule has 23 heavy (non-hydrogen) atoms. The number of anilines is 2. The highest BCUT2D eigenvalue weighted by Gasteiger charge is 2.17. The predicted molar refractivity (Wildman–Crippen MR) is 88.1 cm³/mol. The van der Waals surface area contributed by atoms with Gasteiger partial charge in [-0.25, -0.2) is 9.97 Å². The van der Waals surface area contributed by atoms with Crippen molar-refractivity contribution >= 4 is 29.1 Å². The minimum absolute atomic E-state index is 0.102. The molecule has 6 nitrogen and oxygen atoms in total. The second-order valence-corrected chi connectivity index (χ2v) is 5.68. The zero-order chi connectivity index (χ0) is 16.1. The molecule has 2 N–H and O–H groups in total. The molecule has 1 unspecified atom stereocenters. The lowest BCUT2D eigenvalue weighted by atomic mass is 10.2. The van der Waals surface area contributed by atoms with Gasteiger partial charge in [-0.3, -0.25) is 4.79 Å². The lowest BCUT2D eigenvalue weighted by molar-refractivity contribution is 0.0853. The molecule has 1 fully saturated rings. The first-order chi connectivity index (χ1) is 11.2. The summed E-state index contributed by atoms with van der Waals surface area (Å²) >= 11 is 5.94. The van der Waals surface area contributed by atoms with E-state index in [1.54, 1.807) is 24.4 Å². The third-order valence-corrected chi connectivity index (χ3v) is 3.72. The van der Waals surface area contributed by atoms with E-state index < -0.39 is 0 Å². The minimum atomic E-state index is -0.239. The largest absolute Gasteiger partial charge is 0.376 e. The number of ether oxygens (including phenoxy) is 1. The van der Waals surface area contributed by atoms with E-state index in [-0.39, 0.29) is 12.0 Å². The summed E-state index contributed by atoms with van der Waals surface area (Å²) in [7, 11) is 0. The Hall–Kier alpha value is -2.18. The summed E-state index contributed by atoms with van der Waals surface area (Å²) in [5, 5.41) is 6.48. The summed E-state index contributed by atoms with van der Waals surface area (Å²) in [4.78, 5) is 20.5. The van der Waals surface area contributed by atoms with Gasteiger partial charge in [0.25, 0.3) is 5.91 Å². The molecule has 3 rings (SSSR count). The smallest absolute Gasteiger partial charge is 0.270 e. The number of nitrogens with zero attached hydrogens (tertiary/aromatic N) is 2. The van der Waals surface area contributed by atoms with Crippen LogP contribution in [0.2, 0.25) is 5.02 Å². The molecule has 1 aromatic carbocycles. The van der Waals surface area contributed by atoms with Gasteiger partial charge < -0.3 is 15.4 Å². The highest BCUT2D eigenvalue weighted by Crippen LogP contribution is 2.18. The first-order valence-corrected chi connectivity index (χ1v) is 7.84. The van der Waals surface area contributed by atoms with E-state index in [2.05, 4.69) is 20.6 Å². The van der Waals surface area contributed by atoms with Crippen molar-refractivity contribution in [3.05, 3.63) is 47.2 Å². The number of carbonyl (C=O) groups is 1. The van der Waals surface area contributed by atoms with Gasteiger partial charge in [-0.1, -0.05) is 17.7 Å². The maximum Gasteiger partial charge on any atom is 0.270 e. The second kappa shape index (κ2) is 7.39. The quantitative estimate of drug-likeness (QED) is 0.880. The number of rotatable bonds is 5. The van der Waals surface area contributed by atoms with Crippen LogP contribution in [0.25, 0.3) is 0 Å². The number of hydrogen-bond acceptors (Lipinski definition) is 5. The Morgan fingerprint density at radius 3 is 3.09 bits per heavy atom. The van der Waals surface area contributed by atoms with E-state index in [0.717, 1.165) is 25.1 Å². The maximum absolute atomic E-state index is 12.2. The predicted octanol–water partition coefficient (Wildman–Crippen LogP) is 2.78. The molecule has 1 saturated heterocycles. The van der Waals surface area contributed by atoms with Crippen molar-refractivity contribution in [1.82, 2.24) is 15.3 Å². The first kappa shape index (κ1) is 15.7. The van der Waals surface area contributed by atoms with Crippen LogP contribution in [0.4, 0.5) is 11.6 Å². The summed E-state index contributed by atoms with van der Waals surface area (Å²) in [6, 6.07) is 8.79. The Bertz CT molecular complexity index is 689. The topological polar surface area (TPSA) is 76.1 Å². The van der Waals surface area contributed by atoms with E-state index in [1.165, 1.54) is 0 Å². The number of nitrogens with one attached hydrogen (secondary N) is 2. The van der Waals surface area contributed by atoms with Gasteiger partial charge >= 0.3 is 0 Å². The van der Waals surface area contributed by atoms with Crippen LogP contribution < -0.4 is 10.6 Å². The molecule has 7 heteroatoms. The zero-order valence-corrected chi connectivity index (χ0v) is 13.2. The standard InChI is InChI=1S/C16H17ClN4O2/c17-11-3-1-4-12(9-11)20-16-18-7-6-14(21-16)15(22)19-10-13-5-2-8-23-13/h1,3-4,6-7,9,13H,2,5,8,10H2,(H,19,22)(H,18,20,21). The molecular weight excluding hydrogens is 316 g/mol. The van der Waals surface area contributed by atoms with E-state index in [9.17, 15) is 4.79 Å². The van der Waals surface area contributed by atoms with Gasteiger partial charge in [-0.15, -0.1) is 0 Å². The summed E-state index contributed by atoms with van der Waals surface area (Å²) in [5.41, 5.74) is 1.07. The van der Waals surface area contributed by atoms with Crippen LogP contribution in [0, 0.1) is 0 Å². The monoisotopic (exact) mass is 332 g/mol. The van der Waals surface area contributed by atoms with Gasteiger partial charge in [0, 0.05) is 30.1 Å². The minimum Gasteiger partial charge on any atom is -0.376 e. The number of amides is 1. The molecule has 2 heterocycles. The number of hydrogen-bond donors (Lipinski definition) is 2. The summed E-state index contributed by atoms with van der Waals surface area (Å²) in [6.07, 6.45) is 3.67. The third-order valence-electron chi connectivity index (χ3n) is 3.48. The number of carbonyl (C=O) groups excluding carboxylic acids is 1. The second-order valence-electron chi connectivity index (χ2n) is 5.25. The molecule has 0 aliphatic carbocycles. The van der Waals surface area contributed by atoms with Gasteiger partial charge in [-0.05, 0) is 37.1 Å². The van der Waals surface area contributed by atoms with E-state index in [0.29, 0.717) is 23.2 Å². The van der Waals surface area contributed by atoms with Crippen molar-refractivity contribution < 1.29 is 9.53 Å². The van der Waals surface area contributed by atoms with Crippen molar-refractivity contribution in [3.8, 4) is 0 Å². The molecule has 0 saturated carbocycles. The van der Waals surface area contributed by atoms with Crippen LogP contribution in [0.3, 0.4) is 0 Å².